The first-order valence-corrected chi connectivity index (χ1v) is 8.67. The zero-order chi connectivity index (χ0) is 19.1. The molecule has 2 atom stereocenters. The van der Waals surface area contributed by atoms with Crippen LogP contribution in [0.3, 0.4) is 0 Å². The average Bonchev–Trinajstić information content (AvgIpc) is 2.59. The average molecular weight is 376 g/mol. The predicted molar refractivity (Wildman–Crippen MR) is 100 cm³/mol. The number of benzene rings is 2. The van der Waals surface area contributed by atoms with Crippen LogP contribution < -0.4 is 10.1 Å². The maximum Gasteiger partial charge on any atom is 0.347 e. The Bertz CT molecular complexity index is 778. The maximum atomic E-state index is 12.0. The summed E-state index contributed by atoms with van der Waals surface area (Å²) in [6, 6.07) is 14.3. The van der Waals surface area contributed by atoms with Gasteiger partial charge in [0.2, 0.25) is 0 Å². The molecule has 1 N–H and O–H groups in total. The van der Waals surface area contributed by atoms with Crippen molar-refractivity contribution in [1.82, 2.24) is 5.32 Å². The number of carbonyl (C=O) groups is 2. The number of rotatable bonds is 7. The van der Waals surface area contributed by atoms with E-state index in [0.29, 0.717) is 10.8 Å². The lowest BCUT2D eigenvalue weighted by atomic mass is 10.1. The van der Waals surface area contributed by atoms with Crippen LogP contribution in [0.5, 0.6) is 5.75 Å². The van der Waals surface area contributed by atoms with Gasteiger partial charge in [0, 0.05) is 5.02 Å². The van der Waals surface area contributed by atoms with Crippen molar-refractivity contribution in [3.63, 3.8) is 0 Å². The van der Waals surface area contributed by atoms with Gasteiger partial charge in [-0.1, -0.05) is 35.9 Å². The van der Waals surface area contributed by atoms with E-state index in [1.165, 1.54) is 0 Å². The van der Waals surface area contributed by atoms with Crippen LogP contribution in [-0.4, -0.2) is 24.6 Å². The fourth-order valence-corrected chi connectivity index (χ4v) is 2.54. The summed E-state index contributed by atoms with van der Waals surface area (Å²) in [5, 5.41) is 3.35. The van der Waals surface area contributed by atoms with E-state index in [4.69, 9.17) is 21.1 Å². The second-order valence-corrected chi connectivity index (χ2v) is 6.46. The second-order valence-electron chi connectivity index (χ2n) is 6.03. The summed E-state index contributed by atoms with van der Waals surface area (Å²) in [5.74, 6) is -0.417. The highest BCUT2D eigenvalue weighted by Crippen LogP contribution is 2.17. The summed E-state index contributed by atoms with van der Waals surface area (Å²) in [6.07, 6.45) is -0.810. The summed E-state index contributed by atoms with van der Waals surface area (Å²) < 4.78 is 10.6. The third kappa shape index (κ3) is 6.08. The molecule has 0 heterocycles. The van der Waals surface area contributed by atoms with Gasteiger partial charge in [-0.2, -0.15) is 0 Å². The van der Waals surface area contributed by atoms with Crippen LogP contribution in [0.1, 0.15) is 31.0 Å². The first kappa shape index (κ1) is 19.8. The Morgan fingerprint density at radius 1 is 1.12 bits per heavy atom. The molecule has 2 rings (SSSR count). The van der Waals surface area contributed by atoms with E-state index in [1.54, 1.807) is 25.1 Å². The number of hydrogen-bond acceptors (Lipinski definition) is 4. The fourth-order valence-electron chi connectivity index (χ4n) is 2.34. The van der Waals surface area contributed by atoms with Gasteiger partial charge in [-0.15, -0.1) is 0 Å². The van der Waals surface area contributed by atoms with Gasteiger partial charge < -0.3 is 14.8 Å². The number of nitrogens with one attached hydrogen (secondary N) is 1. The van der Waals surface area contributed by atoms with Crippen LogP contribution >= 0.6 is 11.6 Å². The van der Waals surface area contributed by atoms with Crippen molar-refractivity contribution in [1.29, 1.82) is 0 Å². The zero-order valence-corrected chi connectivity index (χ0v) is 15.7. The van der Waals surface area contributed by atoms with Gasteiger partial charge in [-0.3, -0.25) is 4.79 Å². The summed E-state index contributed by atoms with van der Waals surface area (Å²) in [7, 11) is 0. The quantitative estimate of drug-likeness (QED) is 0.747. The van der Waals surface area contributed by atoms with Crippen LogP contribution in [0.4, 0.5) is 0 Å². The van der Waals surface area contributed by atoms with Crippen molar-refractivity contribution in [3.05, 3.63) is 64.7 Å². The third-order valence-corrected chi connectivity index (χ3v) is 3.94. The molecule has 1 amide bonds. The predicted octanol–water partition coefficient (Wildman–Crippen LogP) is 3.84. The van der Waals surface area contributed by atoms with Gasteiger partial charge in [0.25, 0.3) is 5.91 Å². The molecule has 5 nitrogen and oxygen atoms in total. The van der Waals surface area contributed by atoms with Crippen LogP contribution in [0.2, 0.25) is 5.02 Å². The van der Waals surface area contributed by atoms with Crippen molar-refractivity contribution in [2.24, 2.45) is 0 Å². The van der Waals surface area contributed by atoms with E-state index in [-0.39, 0.29) is 12.6 Å². The number of ether oxygens (including phenoxy) is 2. The highest BCUT2D eigenvalue weighted by atomic mass is 35.5. The molecule has 0 saturated heterocycles. The van der Waals surface area contributed by atoms with Crippen LogP contribution in [0.25, 0.3) is 0 Å². The molecule has 0 aliphatic rings. The van der Waals surface area contributed by atoms with E-state index < -0.39 is 18.0 Å². The first-order chi connectivity index (χ1) is 12.3. The van der Waals surface area contributed by atoms with Crippen molar-refractivity contribution >= 4 is 23.5 Å². The molecule has 0 radical (unpaired) electrons. The zero-order valence-electron chi connectivity index (χ0n) is 15.0. The lowest BCUT2D eigenvalue weighted by molar-refractivity contribution is -0.154. The summed E-state index contributed by atoms with van der Waals surface area (Å²) in [5.41, 5.74) is 1.89. The Kier molecular flexibility index (Phi) is 7.04. The number of halogens is 1. The van der Waals surface area contributed by atoms with Crippen molar-refractivity contribution < 1.29 is 19.1 Å². The number of amides is 1. The van der Waals surface area contributed by atoms with Gasteiger partial charge in [-0.25, -0.2) is 4.79 Å². The molecule has 0 spiro atoms. The van der Waals surface area contributed by atoms with Crippen LogP contribution in [0.15, 0.2) is 48.5 Å². The minimum atomic E-state index is -0.810. The lowest BCUT2D eigenvalue weighted by Gasteiger charge is -2.16. The number of carbonyl (C=O) groups excluding carboxylic acids is 2. The minimum absolute atomic E-state index is 0.249. The van der Waals surface area contributed by atoms with Crippen LogP contribution in [0, 0.1) is 6.92 Å². The topological polar surface area (TPSA) is 64.6 Å². The maximum absolute atomic E-state index is 12.0. The summed E-state index contributed by atoms with van der Waals surface area (Å²) in [4.78, 5) is 24.0. The molecule has 2 aromatic carbocycles. The molecular formula is C20H22ClNO4. The lowest BCUT2D eigenvalue weighted by Crippen LogP contribution is -2.34. The van der Waals surface area contributed by atoms with E-state index in [0.717, 1.165) is 11.1 Å². The minimum Gasteiger partial charge on any atom is -0.479 e. The molecule has 0 unspecified atom stereocenters. The Hall–Kier alpha value is -2.53. The highest BCUT2D eigenvalue weighted by Gasteiger charge is 2.18. The molecule has 0 aromatic heterocycles. The van der Waals surface area contributed by atoms with Gasteiger partial charge >= 0.3 is 5.97 Å². The Labute approximate surface area is 158 Å². The Balaban J connectivity index is 1.79. The van der Waals surface area contributed by atoms with Crippen LogP contribution in [-0.2, 0) is 14.3 Å². The van der Waals surface area contributed by atoms with E-state index in [9.17, 15) is 9.59 Å². The molecule has 0 aliphatic heterocycles. The third-order valence-electron chi connectivity index (χ3n) is 3.71. The fraction of sp³-hybridized carbons (Fsp3) is 0.300. The SMILES string of the molecule is Cc1cccc(O[C@@H](C)C(=O)OCC(=O)N[C@@H](C)c2cccc(Cl)c2)c1. The number of esters is 1. The van der Waals surface area contributed by atoms with Crippen molar-refractivity contribution in [2.45, 2.75) is 32.9 Å². The smallest absolute Gasteiger partial charge is 0.347 e. The van der Waals surface area contributed by atoms with Crippen molar-refractivity contribution in [2.75, 3.05) is 6.61 Å². The molecular weight excluding hydrogens is 354 g/mol. The normalized spacial score (nSPS) is 12.8. The van der Waals surface area contributed by atoms with E-state index in [2.05, 4.69) is 5.32 Å². The molecule has 0 aliphatic carbocycles. The molecule has 2 aromatic rings. The molecule has 0 bridgehead atoms. The largest absolute Gasteiger partial charge is 0.479 e. The second kappa shape index (κ2) is 9.25. The van der Waals surface area contributed by atoms with Gasteiger partial charge in [0.15, 0.2) is 12.7 Å². The summed E-state index contributed by atoms with van der Waals surface area (Å²) >= 11 is 5.94. The Morgan fingerprint density at radius 2 is 1.85 bits per heavy atom. The monoisotopic (exact) mass is 375 g/mol. The highest BCUT2D eigenvalue weighted by molar-refractivity contribution is 6.30. The Morgan fingerprint density at radius 3 is 2.54 bits per heavy atom. The molecule has 6 heteroatoms. The first-order valence-electron chi connectivity index (χ1n) is 8.30. The van der Waals surface area contributed by atoms with E-state index in [1.807, 2.05) is 44.2 Å². The number of aryl methyl sites for hydroxylation is 1. The molecule has 0 fully saturated rings. The molecule has 26 heavy (non-hydrogen) atoms. The van der Waals surface area contributed by atoms with Gasteiger partial charge in [-0.05, 0) is 56.2 Å². The number of hydrogen-bond donors (Lipinski definition) is 1. The van der Waals surface area contributed by atoms with E-state index >= 15 is 0 Å². The van der Waals surface area contributed by atoms with Gasteiger partial charge in [0.1, 0.15) is 5.75 Å². The van der Waals surface area contributed by atoms with Gasteiger partial charge in [0.05, 0.1) is 6.04 Å². The summed E-state index contributed by atoms with van der Waals surface area (Å²) in [6.45, 7) is 4.97. The standard InChI is InChI=1S/C20H22ClNO4/c1-13-6-4-9-18(10-13)26-15(3)20(24)25-12-19(23)22-14(2)16-7-5-8-17(21)11-16/h4-11,14-15H,12H2,1-3H3,(H,22,23)/t14-,15-/m0/s1. The molecule has 138 valence electrons. The molecule has 0 saturated carbocycles. The van der Waals surface area contributed by atoms with Crippen molar-refractivity contribution in [3.8, 4) is 5.75 Å².